The van der Waals surface area contributed by atoms with Crippen LogP contribution in [0.15, 0.2) is 35.7 Å². The van der Waals surface area contributed by atoms with E-state index in [2.05, 4.69) is 5.32 Å². The third-order valence-corrected chi connectivity index (χ3v) is 4.90. The fraction of sp³-hybridized carbons (Fsp3) is 0.211. The molecule has 1 atom stereocenters. The second kappa shape index (κ2) is 8.02. The molecule has 0 spiro atoms. The van der Waals surface area contributed by atoms with Gasteiger partial charge in [0.25, 0.3) is 5.91 Å². The number of hydrogen-bond donors (Lipinski definition) is 1. The van der Waals surface area contributed by atoms with Crippen LogP contribution in [0.25, 0.3) is 0 Å². The van der Waals surface area contributed by atoms with Crippen LogP contribution < -0.4 is 10.2 Å². The van der Waals surface area contributed by atoms with Crippen LogP contribution in [0.2, 0.25) is 0 Å². The predicted molar refractivity (Wildman–Crippen MR) is 101 cm³/mol. The zero-order chi connectivity index (χ0) is 20.3. The van der Waals surface area contributed by atoms with Gasteiger partial charge in [-0.05, 0) is 36.6 Å². The van der Waals surface area contributed by atoms with Gasteiger partial charge in [-0.1, -0.05) is 6.07 Å². The minimum atomic E-state index is -1.11. The van der Waals surface area contributed by atoms with E-state index >= 15 is 0 Å². The first kappa shape index (κ1) is 19.3. The molecular weight excluding hydrogens is 382 g/mol. The van der Waals surface area contributed by atoms with Gasteiger partial charge in [-0.15, -0.1) is 11.3 Å². The monoisotopic (exact) mass is 397 g/mol. The Balaban J connectivity index is 1.68. The molecule has 2 aromatic rings. The van der Waals surface area contributed by atoms with Gasteiger partial charge in [0.1, 0.15) is 11.1 Å². The summed E-state index contributed by atoms with van der Waals surface area (Å²) in [5.74, 6) is -2.00. The van der Waals surface area contributed by atoms with Crippen LogP contribution in [0.4, 0.5) is 10.7 Å². The van der Waals surface area contributed by atoms with Crippen LogP contribution in [0.1, 0.15) is 35.7 Å². The number of esters is 1. The Morgan fingerprint density at radius 1 is 1.25 bits per heavy atom. The minimum Gasteiger partial charge on any atom is -0.449 e. The van der Waals surface area contributed by atoms with Crippen molar-refractivity contribution in [2.45, 2.75) is 25.9 Å². The molecule has 1 aliphatic heterocycles. The van der Waals surface area contributed by atoms with Crippen molar-refractivity contribution < 1.29 is 23.9 Å². The highest BCUT2D eigenvalue weighted by Gasteiger charge is 2.31. The average Bonchev–Trinajstić information content (AvgIpc) is 3.27. The minimum absolute atomic E-state index is 0.110. The number of hydrogen-bond acceptors (Lipinski definition) is 7. The van der Waals surface area contributed by atoms with Crippen molar-refractivity contribution >= 4 is 45.7 Å². The van der Waals surface area contributed by atoms with Gasteiger partial charge in [0.15, 0.2) is 6.10 Å². The molecule has 0 unspecified atom stereocenters. The van der Waals surface area contributed by atoms with Crippen molar-refractivity contribution in [1.82, 2.24) is 0 Å². The van der Waals surface area contributed by atoms with Gasteiger partial charge in [0.05, 0.1) is 16.8 Å². The second-order valence-corrected chi connectivity index (χ2v) is 6.90. The van der Waals surface area contributed by atoms with E-state index in [9.17, 15) is 19.2 Å². The zero-order valence-corrected chi connectivity index (χ0v) is 15.6. The van der Waals surface area contributed by atoms with Crippen LogP contribution in [0.5, 0.6) is 0 Å². The Morgan fingerprint density at radius 3 is 2.64 bits per heavy atom. The fourth-order valence-corrected chi connectivity index (χ4v) is 3.37. The van der Waals surface area contributed by atoms with Gasteiger partial charge in [0.2, 0.25) is 11.8 Å². The summed E-state index contributed by atoms with van der Waals surface area (Å²) in [7, 11) is 0. The molecular formula is C19H15N3O5S. The highest BCUT2D eigenvalue weighted by molar-refractivity contribution is 7.14. The standard InChI is InChI=1S/C19H15N3O5S/c1-11(17(25)21-18-13(10-20)7-8-28-18)27-19(26)12-3-2-4-14(9-12)22-15(23)5-6-16(22)24/h2-4,7-9,11H,5-6H2,1H3,(H,21,25)/t11-/m1/s1. The largest absolute Gasteiger partial charge is 0.449 e. The van der Waals surface area contributed by atoms with E-state index in [0.717, 1.165) is 4.90 Å². The molecule has 1 aliphatic rings. The number of imide groups is 1. The van der Waals surface area contributed by atoms with Crippen LogP contribution in [-0.4, -0.2) is 29.8 Å². The van der Waals surface area contributed by atoms with Gasteiger partial charge in [-0.2, -0.15) is 5.26 Å². The molecule has 1 saturated heterocycles. The molecule has 1 aromatic carbocycles. The molecule has 0 aliphatic carbocycles. The van der Waals surface area contributed by atoms with Crippen LogP contribution >= 0.6 is 11.3 Å². The van der Waals surface area contributed by atoms with Crippen LogP contribution in [0, 0.1) is 11.3 Å². The molecule has 0 bridgehead atoms. The number of nitriles is 1. The van der Waals surface area contributed by atoms with Crippen molar-refractivity contribution in [3.05, 3.63) is 46.8 Å². The molecule has 8 nitrogen and oxygen atoms in total. The molecule has 1 aromatic heterocycles. The maximum Gasteiger partial charge on any atom is 0.338 e. The van der Waals surface area contributed by atoms with Crippen molar-refractivity contribution in [3.63, 3.8) is 0 Å². The second-order valence-electron chi connectivity index (χ2n) is 5.99. The van der Waals surface area contributed by atoms with Crippen molar-refractivity contribution in [2.24, 2.45) is 0 Å². The third kappa shape index (κ3) is 3.92. The van der Waals surface area contributed by atoms with Gasteiger partial charge >= 0.3 is 5.97 Å². The van der Waals surface area contributed by atoms with E-state index < -0.39 is 18.0 Å². The molecule has 3 rings (SSSR count). The summed E-state index contributed by atoms with van der Waals surface area (Å²) in [6, 6.07) is 9.45. The number of carbonyl (C=O) groups excluding carboxylic acids is 4. The Bertz CT molecular complexity index is 991. The van der Waals surface area contributed by atoms with Crippen molar-refractivity contribution in [1.29, 1.82) is 5.26 Å². The fourth-order valence-electron chi connectivity index (χ4n) is 2.63. The molecule has 2 heterocycles. The Morgan fingerprint density at radius 2 is 1.96 bits per heavy atom. The van der Waals surface area contributed by atoms with E-state index in [1.807, 2.05) is 6.07 Å². The lowest BCUT2D eigenvalue weighted by atomic mass is 10.2. The summed E-state index contributed by atoms with van der Waals surface area (Å²) in [6.07, 6.45) is -0.837. The molecule has 1 fully saturated rings. The van der Waals surface area contributed by atoms with Gasteiger partial charge in [-0.3, -0.25) is 19.3 Å². The average molecular weight is 397 g/mol. The van der Waals surface area contributed by atoms with E-state index in [0.29, 0.717) is 10.6 Å². The lowest BCUT2D eigenvalue weighted by Gasteiger charge is -2.16. The molecule has 28 heavy (non-hydrogen) atoms. The van der Waals surface area contributed by atoms with E-state index in [4.69, 9.17) is 10.00 Å². The highest BCUT2D eigenvalue weighted by Crippen LogP contribution is 2.24. The first-order valence-electron chi connectivity index (χ1n) is 8.36. The number of thiophene rings is 1. The topological polar surface area (TPSA) is 117 Å². The number of ether oxygens (including phenoxy) is 1. The van der Waals surface area contributed by atoms with Crippen molar-refractivity contribution in [2.75, 3.05) is 10.2 Å². The molecule has 9 heteroatoms. The summed E-state index contributed by atoms with van der Waals surface area (Å²) in [4.78, 5) is 49.3. The molecule has 1 N–H and O–H groups in total. The van der Waals surface area contributed by atoms with Gasteiger partial charge < -0.3 is 10.1 Å². The smallest absolute Gasteiger partial charge is 0.338 e. The number of nitrogens with one attached hydrogen (secondary N) is 1. The lowest BCUT2D eigenvalue weighted by molar-refractivity contribution is -0.124. The normalized spacial score (nSPS) is 14.5. The first-order valence-corrected chi connectivity index (χ1v) is 9.24. The van der Waals surface area contributed by atoms with Gasteiger partial charge in [0, 0.05) is 12.8 Å². The number of amides is 3. The molecule has 0 saturated carbocycles. The number of nitrogens with zero attached hydrogens (tertiary/aromatic N) is 2. The van der Waals surface area contributed by atoms with Crippen molar-refractivity contribution in [3.8, 4) is 6.07 Å². The van der Waals surface area contributed by atoms with Crippen LogP contribution in [0.3, 0.4) is 0 Å². The summed E-state index contributed by atoms with van der Waals surface area (Å²) < 4.78 is 5.17. The SMILES string of the molecule is C[C@@H](OC(=O)c1cccc(N2C(=O)CCC2=O)c1)C(=O)Nc1sccc1C#N. The lowest BCUT2D eigenvalue weighted by Crippen LogP contribution is -2.30. The molecule has 142 valence electrons. The summed E-state index contributed by atoms with van der Waals surface area (Å²) in [5.41, 5.74) is 0.722. The number of benzene rings is 1. The maximum atomic E-state index is 12.4. The quantitative estimate of drug-likeness (QED) is 0.612. The summed E-state index contributed by atoms with van der Waals surface area (Å²) in [5, 5.41) is 13.6. The van der Waals surface area contributed by atoms with E-state index in [1.165, 1.54) is 36.5 Å². The summed E-state index contributed by atoms with van der Waals surface area (Å²) in [6.45, 7) is 1.41. The number of carbonyl (C=O) groups is 4. The Labute approximate surface area is 164 Å². The number of anilines is 2. The third-order valence-electron chi connectivity index (χ3n) is 4.07. The van der Waals surface area contributed by atoms with E-state index in [-0.39, 0.29) is 35.9 Å². The van der Waals surface area contributed by atoms with E-state index in [1.54, 1.807) is 17.5 Å². The Kier molecular flexibility index (Phi) is 5.52. The van der Waals surface area contributed by atoms with Gasteiger partial charge in [-0.25, -0.2) is 4.79 Å². The zero-order valence-electron chi connectivity index (χ0n) is 14.8. The Hall–Kier alpha value is -3.51. The molecule has 3 amide bonds. The number of rotatable bonds is 5. The predicted octanol–water partition coefficient (Wildman–Crippen LogP) is 2.46. The molecule has 0 radical (unpaired) electrons. The maximum absolute atomic E-state index is 12.4. The summed E-state index contributed by atoms with van der Waals surface area (Å²) >= 11 is 1.19. The highest BCUT2D eigenvalue weighted by atomic mass is 32.1. The van der Waals surface area contributed by atoms with Crippen LogP contribution in [-0.2, 0) is 19.1 Å². The first-order chi connectivity index (χ1) is 13.4.